The normalized spacial score (nSPS) is 25.3. The van der Waals surface area contributed by atoms with Crippen molar-refractivity contribution in [2.24, 2.45) is 11.1 Å². The molecule has 2 heterocycles. The summed E-state index contributed by atoms with van der Waals surface area (Å²) >= 11 is 0. The molecule has 0 aromatic heterocycles. The summed E-state index contributed by atoms with van der Waals surface area (Å²) < 4.78 is 10.8. The summed E-state index contributed by atoms with van der Waals surface area (Å²) in [6.45, 7) is 6.78. The van der Waals surface area contributed by atoms with E-state index in [2.05, 4.69) is 30.9 Å². The highest BCUT2D eigenvalue weighted by atomic mass is 16.7. The van der Waals surface area contributed by atoms with Gasteiger partial charge in [0, 0.05) is 30.9 Å². The van der Waals surface area contributed by atoms with E-state index in [9.17, 15) is 0 Å². The first-order valence-corrected chi connectivity index (χ1v) is 6.46. The SMILES string of the molecule is CC1(C)CN(c2ccc3c(c2)OCO3)CCC1N. The molecule has 4 nitrogen and oxygen atoms in total. The second-order valence-corrected chi connectivity index (χ2v) is 5.84. The average molecular weight is 248 g/mol. The van der Waals surface area contributed by atoms with Crippen LogP contribution in [0.3, 0.4) is 0 Å². The van der Waals surface area contributed by atoms with Crippen molar-refractivity contribution >= 4 is 5.69 Å². The molecule has 2 N–H and O–H groups in total. The minimum absolute atomic E-state index is 0.147. The summed E-state index contributed by atoms with van der Waals surface area (Å²) in [4.78, 5) is 2.38. The van der Waals surface area contributed by atoms with Crippen LogP contribution < -0.4 is 20.1 Å². The molecular formula is C14H20N2O2. The molecule has 0 aliphatic carbocycles. The van der Waals surface area contributed by atoms with E-state index >= 15 is 0 Å². The zero-order chi connectivity index (χ0) is 12.8. The van der Waals surface area contributed by atoms with Crippen LogP contribution in [0.4, 0.5) is 5.69 Å². The number of benzene rings is 1. The zero-order valence-corrected chi connectivity index (χ0v) is 11.0. The van der Waals surface area contributed by atoms with Crippen LogP contribution in [0.1, 0.15) is 20.3 Å². The maximum Gasteiger partial charge on any atom is 0.231 e. The van der Waals surface area contributed by atoms with Crippen molar-refractivity contribution in [3.05, 3.63) is 18.2 Å². The van der Waals surface area contributed by atoms with Gasteiger partial charge in [-0.3, -0.25) is 0 Å². The molecule has 1 fully saturated rings. The molecule has 4 heteroatoms. The fourth-order valence-corrected chi connectivity index (χ4v) is 2.68. The molecule has 0 amide bonds. The van der Waals surface area contributed by atoms with Gasteiger partial charge in [0.25, 0.3) is 0 Å². The second kappa shape index (κ2) is 4.05. The summed E-state index contributed by atoms with van der Waals surface area (Å²) in [5.41, 5.74) is 7.51. The largest absolute Gasteiger partial charge is 0.454 e. The van der Waals surface area contributed by atoms with Crippen molar-refractivity contribution in [3.8, 4) is 11.5 Å². The number of rotatable bonds is 1. The van der Waals surface area contributed by atoms with Gasteiger partial charge in [-0.15, -0.1) is 0 Å². The lowest BCUT2D eigenvalue weighted by atomic mass is 9.79. The Morgan fingerprint density at radius 2 is 2.06 bits per heavy atom. The Labute approximate surface area is 108 Å². The number of ether oxygens (including phenoxy) is 2. The van der Waals surface area contributed by atoms with Crippen LogP contribution >= 0.6 is 0 Å². The molecule has 0 bridgehead atoms. The zero-order valence-electron chi connectivity index (χ0n) is 11.0. The molecule has 1 unspecified atom stereocenters. The van der Waals surface area contributed by atoms with Crippen molar-refractivity contribution in [3.63, 3.8) is 0 Å². The Kier molecular flexibility index (Phi) is 2.63. The van der Waals surface area contributed by atoms with Gasteiger partial charge in [0.15, 0.2) is 11.5 Å². The van der Waals surface area contributed by atoms with E-state index in [4.69, 9.17) is 15.2 Å². The van der Waals surface area contributed by atoms with Crippen LogP contribution in [0.25, 0.3) is 0 Å². The number of fused-ring (bicyclic) bond motifs is 1. The fraction of sp³-hybridized carbons (Fsp3) is 0.571. The number of hydrogen-bond donors (Lipinski definition) is 1. The summed E-state index contributed by atoms with van der Waals surface area (Å²) in [6.07, 6.45) is 1.03. The van der Waals surface area contributed by atoms with E-state index in [-0.39, 0.29) is 11.5 Å². The molecule has 18 heavy (non-hydrogen) atoms. The van der Waals surface area contributed by atoms with Gasteiger partial charge in [-0.25, -0.2) is 0 Å². The summed E-state index contributed by atoms with van der Waals surface area (Å²) in [6, 6.07) is 6.43. The lowest BCUT2D eigenvalue weighted by Crippen LogP contribution is -2.52. The summed E-state index contributed by atoms with van der Waals surface area (Å²) in [5.74, 6) is 1.69. The monoisotopic (exact) mass is 248 g/mol. The highest BCUT2D eigenvalue weighted by Crippen LogP contribution is 2.38. The molecule has 2 aliphatic heterocycles. The van der Waals surface area contributed by atoms with Crippen LogP contribution in [0.2, 0.25) is 0 Å². The minimum Gasteiger partial charge on any atom is -0.454 e. The topological polar surface area (TPSA) is 47.7 Å². The maximum absolute atomic E-state index is 6.17. The van der Waals surface area contributed by atoms with Crippen LogP contribution in [0.15, 0.2) is 18.2 Å². The van der Waals surface area contributed by atoms with Gasteiger partial charge in [0.1, 0.15) is 0 Å². The Hall–Kier alpha value is -1.42. The van der Waals surface area contributed by atoms with E-state index in [1.807, 2.05) is 6.07 Å². The number of nitrogens with zero attached hydrogens (tertiary/aromatic N) is 1. The Morgan fingerprint density at radius 3 is 2.83 bits per heavy atom. The van der Waals surface area contributed by atoms with E-state index in [0.717, 1.165) is 31.0 Å². The van der Waals surface area contributed by atoms with Gasteiger partial charge in [-0.05, 0) is 24.0 Å². The van der Waals surface area contributed by atoms with Gasteiger partial charge >= 0.3 is 0 Å². The predicted molar refractivity (Wildman–Crippen MR) is 71.2 cm³/mol. The number of hydrogen-bond acceptors (Lipinski definition) is 4. The van der Waals surface area contributed by atoms with Crippen LogP contribution in [-0.2, 0) is 0 Å². The first kappa shape index (κ1) is 11.7. The smallest absolute Gasteiger partial charge is 0.231 e. The average Bonchev–Trinajstić information content (AvgIpc) is 2.79. The van der Waals surface area contributed by atoms with Gasteiger partial charge < -0.3 is 20.1 Å². The van der Waals surface area contributed by atoms with Crippen molar-refractivity contribution in [1.82, 2.24) is 0 Å². The van der Waals surface area contributed by atoms with E-state index in [0.29, 0.717) is 6.79 Å². The Balaban J connectivity index is 1.83. The van der Waals surface area contributed by atoms with Gasteiger partial charge in [0.05, 0.1) is 0 Å². The first-order chi connectivity index (χ1) is 8.56. The molecule has 0 radical (unpaired) electrons. The minimum atomic E-state index is 0.147. The summed E-state index contributed by atoms with van der Waals surface area (Å²) in [5, 5.41) is 0. The van der Waals surface area contributed by atoms with Crippen molar-refractivity contribution in [2.75, 3.05) is 24.8 Å². The number of nitrogens with two attached hydrogens (primary N) is 1. The molecule has 3 rings (SSSR count). The van der Waals surface area contributed by atoms with Gasteiger partial charge in [0.2, 0.25) is 6.79 Å². The molecule has 1 atom stereocenters. The van der Waals surface area contributed by atoms with Gasteiger partial charge in [-0.2, -0.15) is 0 Å². The van der Waals surface area contributed by atoms with Crippen molar-refractivity contribution in [2.45, 2.75) is 26.3 Å². The number of piperidine rings is 1. The van der Waals surface area contributed by atoms with Crippen LogP contribution in [0.5, 0.6) is 11.5 Å². The second-order valence-electron chi connectivity index (χ2n) is 5.84. The van der Waals surface area contributed by atoms with E-state index < -0.39 is 0 Å². The lowest BCUT2D eigenvalue weighted by Gasteiger charge is -2.43. The molecule has 0 saturated carbocycles. The third-order valence-electron chi connectivity index (χ3n) is 4.03. The molecule has 1 saturated heterocycles. The highest BCUT2D eigenvalue weighted by Gasteiger charge is 2.33. The molecule has 1 aromatic carbocycles. The van der Waals surface area contributed by atoms with E-state index in [1.165, 1.54) is 5.69 Å². The summed E-state index contributed by atoms with van der Waals surface area (Å²) in [7, 11) is 0. The quantitative estimate of drug-likeness (QED) is 0.825. The Bertz CT molecular complexity index is 459. The first-order valence-electron chi connectivity index (χ1n) is 6.46. The van der Waals surface area contributed by atoms with Crippen molar-refractivity contribution < 1.29 is 9.47 Å². The third-order valence-corrected chi connectivity index (χ3v) is 4.03. The van der Waals surface area contributed by atoms with Crippen LogP contribution in [0, 0.1) is 5.41 Å². The molecule has 2 aliphatic rings. The van der Waals surface area contributed by atoms with Gasteiger partial charge in [-0.1, -0.05) is 13.8 Å². The predicted octanol–water partition coefficient (Wildman–Crippen LogP) is 1.98. The standard InChI is InChI=1S/C14H20N2O2/c1-14(2)8-16(6-5-13(14)15)10-3-4-11-12(7-10)18-9-17-11/h3-4,7,13H,5-6,8-9,15H2,1-2H3. The van der Waals surface area contributed by atoms with E-state index in [1.54, 1.807) is 0 Å². The number of anilines is 1. The van der Waals surface area contributed by atoms with Crippen LogP contribution in [-0.4, -0.2) is 25.9 Å². The molecule has 1 aromatic rings. The fourth-order valence-electron chi connectivity index (χ4n) is 2.68. The third kappa shape index (κ3) is 1.90. The van der Waals surface area contributed by atoms with Crippen molar-refractivity contribution in [1.29, 1.82) is 0 Å². The highest BCUT2D eigenvalue weighted by molar-refractivity contribution is 5.57. The molecule has 98 valence electrons. The lowest BCUT2D eigenvalue weighted by molar-refractivity contribution is 0.174. The molecule has 0 spiro atoms. The Morgan fingerprint density at radius 1 is 1.28 bits per heavy atom. The molecular weight excluding hydrogens is 228 g/mol. The maximum atomic E-state index is 6.17.